The predicted octanol–water partition coefficient (Wildman–Crippen LogP) is 2.29. The third-order valence-electron chi connectivity index (χ3n) is 5.25. The summed E-state index contributed by atoms with van der Waals surface area (Å²) in [5, 5.41) is 7.60. The van der Waals surface area contributed by atoms with Gasteiger partial charge in [0.05, 0.1) is 5.84 Å². The van der Waals surface area contributed by atoms with Gasteiger partial charge in [0.15, 0.2) is 0 Å². The minimum absolute atomic E-state index is 0.133. The monoisotopic (exact) mass is 280 g/mol. The molecule has 0 unspecified atom stereocenters. The number of rotatable bonds is 6. The molecular weight excluding hydrogens is 248 g/mol. The molecule has 0 aromatic rings. The molecule has 1 saturated heterocycles. The molecule has 0 amide bonds. The van der Waals surface area contributed by atoms with E-state index in [9.17, 15) is 0 Å². The van der Waals surface area contributed by atoms with Crippen molar-refractivity contribution in [3.8, 4) is 0 Å². The van der Waals surface area contributed by atoms with Crippen LogP contribution in [0.2, 0.25) is 0 Å². The molecule has 0 atom stereocenters. The number of nitrogens with one attached hydrogen (secondary N) is 1. The molecular formula is C16H32N4. The molecule has 1 aliphatic heterocycles. The molecule has 1 aliphatic carbocycles. The Kier molecular flexibility index (Phi) is 5.44. The van der Waals surface area contributed by atoms with Crippen molar-refractivity contribution >= 4 is 5.84 Å². The number of amidine groups is 1. The molecule has 0 spiro atoms. The van der Waals surface area contributed by atoms with Crippen molar-refractivity contribution in [2.45, 2.75) is 58.4 Å². The Hall–Kier alpha value is -0.610. The van der Waals surface area contributed by atoms with Gasteiger partial charge in [-0.3, -0.25) is 10.3 Å². The lowest BCUT2D eigenvalue weighted by molar-refractivity contribution is 0.0956. The molecule has 3 N–H and O–H groups in total. The summed E-state index contributed by atoms with van der Waals surface area (Å²) in [5.41, 5.74) is 5.51. The van der Waals surface area contributed by atoms with Crippen LogP contribution < -0.4 is 5.73 Å². The van der Waals surface area contributed by atoms with Gasteiger partial charge < -0.3 is 10.6 Å². The minimum Gasteiger partial charge on any atom is -0.387 e. The van der Waals surface area contributed by atoms with E-state index in [2.05, 4.69) is 23.6 Å². The lowest BCUT2D eigenvalue weighted by atomic mass is 9.86. The van der Waals surface area contributed by atoms with Gasteiger partial charge in [0.1, 0.15) is 0 Å². The van der Waals surface area contributed by atoms with Crippen LogP contribution >= 0.6 is 0 Å². The van der Waals surface area contributed by atoms with Crippen LogP contribution in [0.1, 0.15) is 52.4 Å². The van der Waals surface area contributed by atoms with Crippen LogP contribution in [0, 0.1) is 10.8 Å². The maximum Gasteiger partial charge on any atom is 0.0963 e. The number of piperazine rings is 1. The Labute approximate surface area is 124 Å². The second kappa shape index (κ2) is 6.90. The van der Waals surface area contributed by atoms with Crippen LogP contribution in [-0.2, 0) is 0 Å². The molecule has 0 radical (unpaired) electrons. The summed E-state index contributed by atoms with van der Waals surface area (Å²) in [5.74, 6) is 0.323. The Balaban J connectivity index is 1.63. The highest BCUT2D eigenvalue weighted by molar-refractivity contribution is 5.82. The summed E-state index contributed by atoms with van der Waals surface area (Å²) in [6.45, 7) is 10.3. The predicted molar refractivity (Wildman–Crippen MR) is 85.2 cm³/mol. The summed E-state index contributed by atoms with van der Waals surface area (Å²) in [7, 11) is 0. The van der Waals surface area contributed by atoms with Gasteiger partial charge in [-0.2, -0.15) is 0 Å². The first-order chi connectivity index (χ1) is 9.49. The lowest BCUT2D eigenvalue weighted by Gasteiger charge is -2.38. The highest BCUT2D eigenvalue weighted by Gasteiger charge is 2.26. The Morgan fingerprint density at radius 3 is 2.30 bits per heavy atom. The average Bonchev–Trinajstić information content (AvgIpc) is 2.93. The van der Waals surface area contributed by atoms with E-state index in [0.717, 1.165) is 25.4 Å². The molecule has 0 bridgehead atoms. The van der Waals surface area contributed by atoms with E-state index in [-0.39, 0.29) is 5.41 Å². The standard InChI is InChI=1S/C16H32N4/c1-16(2,15(17)18)8-5-9-19-10-12-20(13-11-19)14-6-3-4-7-14/h14H,3-13H2,1-2H3,(H3,17,18). The van der Waals surface area contributed by atoms with Crippen molar-refractivity contribution in [3.63, 3.8) is 0 Å². The van der Waals surface area contributed by atoms with E-state index < -0.39 is 0 Å². The topological polar surface area (TPSA) is 56.4 Å². The zero-order chi connectivity index (χ0) is 14.6. The van der Waals surface area contributed by atoms with E-state index in [1.807, 2.05) is 0 Å². The first-order valence-corrected chi connectivity index (χ1v) is 8.30. The first kappa shape index (κ1) is 15.8. The van der Waals surface area contributed by atoms with Crippen LogP contribution in [-0.4, -0.2) is 54.4 Å². The molecule has 1 heterocycles. The summed E-state index contributed by atoms with van der Waals surface area (Å²) in [6.07, 6.45) is 7.89. The fraction of sp³-hybridized carbons (Fsp3) is 0.938. The molecule has 20 heavy (non-hydrogen) atoms. The number of hydrogen-bond acceptors (Lipinski definition) is 3. The van der Waals surface area contributed by atoms with Crippen molar-refractivity contribution < 1.29 is 0 Å². The van der Waals surface area contributed by atoms with Gasteiger partial charge >= 0.3 is 0 Å². The summed E-state index contributed by atoms with van der Waals surface area (Å²) >= 11 is 0. The van der Waals surface area contributed by atoms with Crippen LogP contribution in [0.15, 0.2) is 0 Å². The molecule has 0 aromatic carbocycles. The van der Waals surface area contributed by atoms with Gasteiger partial charge in [0.25, 0.3) is 0 Å². The molecule has 116 valence electrons. The first-order valence-electron chi connectivity index (χ1n) is 8.30. The SMILES string of the molecule is CC(C)(CCCN1CCN(C2CCCC2)CC1)C(=N)N. The zero-order valence-electron chi connectivity index (χ0n) is 13.3. The molecule has 1 saturated carbocycles. The highest BCUT2D eigenvalue weighted by atomic mass is 15.3. The third kappa shape index (κ3) is 4.19. The third-order valence-corrected chi connectivity index (χ3v) is 5.25. The van der Waals surface area contributed by atoms with Gasteiger partial charge in [0.2, 0.25) is 0 Å². The number of hydrogen-bond donors (Lipinski definition) is 2. The average molecular weight is 280 g/mol. The molecule has 2 rings (SSSR count). The normalized spacial score (nSPS) is 23.3. The second-order valence-electron chi connectivity index (χ2n) is 7.22. The van der Waals surface area contributed by atoms with E-state index in [4.69, 9.17) is 11.1 Å². The fourth-order valence-electron chi connectivity index (χ4n) is 3.50. The molecule has 2 aliphatic rings. The summed E-state index contributed by atoms with van der Waals surface area (Å²) < 4.78 is 0. The Bertz CT molecular complexity index is 312. The highest BCUT2D eigenvalue weighted by Crippen LogP contribution is 2.25. The number of nitrogens with two attached hydrogens (primary N) is 1. The Morgan fingerprint density at radius 1 is 1.15 bits per heavy atom. The van der Waals surface area contributed by atoms with Gasteiger partial charge in [-0.05, 0) is 32.2 Å². The lowest BCUT2D eigenvalue weighted by Crippen LogP contribution is -2.49. The van der Waals surface area contributed by atoms with Gasteiger partial charge in [-0.25, -0.2) is 0 Å². The van der Waals surface area contributed by atoms with Crippen molar-refractivity contribution in [3.05, 3.63) is 0 Å². The van der Waals surface area contributed by atoms with Gasteiger partial charge in [-0.15, -0.1) is 0 Å². The van der Waals surface area contributed by atoms with Crippen LogP contribution in [0.25, 0.3) is 0 Å². The molecule has 4 nitrogen and oxygen atoms in total. The summed E-state index contributed by atoms with van der Waals surface area (Å²) in [6, 6.07) is 0.883. The van der Waals surface area contributed by atoms with Crippen molar-refractivity contribution in [2.75, 3.05) is 32.7 Å². The van der Waals surface area contributed by atoms with Crippen molar-refractivity contribution in [1.29, 1.82) is 5.41 Å². The van der Waals surface area contributed by atoms with Gasteiger partial charge in [0, 0.05) is 37.6 Å². The largest absolute Gasteiger partial charge is 0.387 e. The minimum atomic E-state index is -0.133. The van der Waals surface area contributed by atoms with Crippen LogP contribution in [0.5, 0.6) is 0 Å². The quantitative estimate of drug-likeness (QED) is 0.580. The van der Waals surface area contributed by atoms with Crippen LogP contribution in [0.4, 0.5) is 0 Å². The van der Waals surface area contributed by atoms with Crippen LogP contribution in [0.3, 0.4) is 0 Å². The van der Waals surface area contributed by atoms with Crippen molar-refractivity contribution in [2.24, 2.45) is 11.1 Å². The molecule has 4 heteroatoms. The maximum atomic E-state index is 7.60. The van der Waals surface area contributed by atoms with E-state index in [0.29, 0.717) is 5.84 Å². The smallest absolute Gasteiger partial charge is 0.0963 e. The second-order valence-corrected chi connectivity index (χ2v) is 7.22. The fourth-order valence-corrected chi connectivity index (χ4v) is 3.50. The molecule has 0 aromatic heterocycles. The maximum absolute atomic E-state index is 7.60. The van der Waals surface area contributed by atoms with E-state index in [1.165, 1.54) is 51.9 Å². The summed E-state index contributed by atoms with van der Waals surface area (Å²) in [4.78, 5) is 5.30. The Morgan fingerprint density at radius 2 is 1.75 bits per heavy atom. The van der Waals surface area contributed by atoms with Crippen molar-refractivity contribution in [1.82, 2.24) is 9.80 Å². The van der Waals surface area contributed by atoms with Gasteiger partial charge in [-0.1, -0.05) is 26.7 Å². The molecule has 2 fully saturated rings. The van der Waals surface area contributed by atoms with E-state index in [1.54, 1.807) is 0 Å². The zero-order valence-corrected chi connectivity index (χ0v) is 13.3. The number of nitrogens with zero attached hydrogens (tertiary/aromatic N) is 2. The van der Waals surface area contributed by atoms with E-state index >= 15 is 0 Å².